The van der Waals surface area contributed by atoms with E-state index in [1.54, 1.807) is 0 Å². The van der Waals surface area contributed by atoms with Crippen LogP contribution >= 0.6 is 23.6 Å². The number of hydrogen-bond acceptors (Lipinski definition) is 5. The minimum Gasteiger partial charge on any atom is -0.465 e. The summed E-state index contributed by atoms with van der Waals surface area (Å²) in [5, 5.41) is 11.9. The Morgan fingerprint density at radius 3 is 2.80 bits per heavy atom. The van der Waals surface area contributed by atoms with Crippen LogP contribution in [0.15, 0.2) is 12.3 Å². The van der Waals surface area contributed by atoms with E-state index in [-0.39, 0.29) is 5.97 Å². The molecule has 136 valence electrons. The van der Waals surface area contributed by atoms with Gasteiger partial charge in [0.2, 0.25) is 0 Å². The summed E-state index contributed by atoms with van der Waals surface area (Å²) in [5.41, 5.74) is 2.61. The van der Waals surface area contributed by atoms with E-state index in [4.69, 9.17) is 17.0 Å². The van der Waals surface area contributed by atoms with Crippen molar-refractivity contribution in [2.24, 2.45) is 0 Å². The van der Waals surface area contributed by atoms with E-state index in [2.05, 4.69) is 15.7 Å². The van der Waals surface area contributed by atoms with Crippen molar-refractivity contribution in [1.82, 2.24) is 15.1 Å². The maximum absolute atomic E-state index is 12.1. The van der Waals surface area contributed by atoms with Crippen molar-refractivity contribution < 1.29 is 9.53 Å². The first-order valence-electron chi connectivity index (χ1n) is 8.21. The minimum atomic E-state index is -0.333. The third-order valence-corrected chi connectivity index (χ3v) is 5.11. The second-order valence-corrected chi connectivity index (χ2v) is 7.27. The summed E-state index contributed by atoms with van der Waals surface area (Å²) < 4.78 is 6.83. The van der Waals surface area contributed by atoms with Crippen LogP contribution in [0.3, 0.4) is 0 Å². The van der Waals surface area contributed by atoms with Crippen LogP contribution in [-0.4, -0.2) is 34.5 Å². The zero-order chi connectivity index (χ0) is 18.4. The molecule has 0 aliphatic rings. The average molecular weight is 381 g/mol. The second-order valence-electron chi connectivity index (χ2n) is 5.64. The number of thiophene rings is 1. The summed E-state index contributed by atoms with van der Waals surface area (Å²) in [5.74, 6) is -0.333. The highest BCUT2D eigenvalue weighted by molar-refractivity contribution is 7.80. The fraction of sp³-hybridized carbons (Fsp3) is 0.471. The molecule has 25 heavy (non-hydrogen) atoms. The highest BCUT2D eigenvalue weighted by atomic mass is 32.1. The number of anilines is 1. The first-order valence-corrected chi connectivity index (χ1v) is 9.44. The van der Waals surface area contributed by atoms with E-state index in [0.29, 0.717) is 10.7 Å². The van der Waals surface area contributed by atoms with E-state index in [0.717, 1.165) is 47.1 Å². The van der Waals surface area contributed by atoms with Gasteiger partial charge in [-0.1, -0.05) is 6.92 Å². The predicted molar refractivity (Wildman–Crippen MR) is 106 cm³/mol. The number of hydrogen-bond donors (Lipinski definition) is 2. The Morgan fingerprint density at radius 1 is 1.44 bits per heavy atom. The number of aryl methyl sites for hydroxylation is 3. The second kappa shape index (κ2) is 8.96. The molecule has 0 unspecified atom stereocenters. The number of nitrogens with one attached hydrogen (secondary N) is 2. The molecule has 0 aliphatic heterocycles. The van der Waals surface area contributed by atoms with Crippen molar-refractivity contribution >= 4 is 39.6 Å². The third-order valence-electron chi connectivity index (χ3n) is 3.80. The molecule has 6 nitrogen and oxygen atoms in total. The van der Waals surface area contributed by atoms with E-state index in [1.165, 1.54) is 18.4 Å². The fourth-order valence-electron chi connectivity index (χ4n) is 2.59. The Morgan fingerprint density at radius 2 is 2.20 bits per heavy atom. The van der Waals surface area contributed by atoms with Gasteiger partial charge in [0.25, 0.3) is 0 Å². The molecule has 2 rings (SSSR count). The highest BCUT2D eigenvalue weighted by Crippen LogP contribution is 2.33. The molecule has 0 radical (unpaired) electrons. The molecule has 0 fully saturated rings. The van der Waals surface area contributed by atoms with Gasteiger partial charge in [0.1, 0.15) is 5.00 Å². The summed E-state index contributed by atoms with van der Waals surface area (Å²) in [6.45, 7) is 7.56. The van der Waals surface area contributed by atoms with Crippen LogP contribution in [-0.2, 0) is 17.7 Å². The molecule has 0 aromatic carbocycles. The molecule has 8 heteroatoms. The molecule has 0 saturated heterocycles. The molecule has 0 aliphatic carbocycles. The number of carbonyl (C=O) groups excluding carboxylic acids is 1. The lowest BCUT2D eigenvalue weighted by molar-refractivity contribution is 0.0601. The number of nitrogens with zero attached hydrogens (tertiary/aromatic N) is 2. The van der Waals surface area contributed by atoms with E-state index >= 15 is 0 Å². The van der Waals surface area contributed by atoms with Gasteiger partial charge in [-0.3, -0.25) is 4.68 Å². The molecule has 0 atom stereocenters. The Balaban J connectivity index is 1.90. The van der Waals surface area contributed by atoms with Crippen molar-refractivity contribution in [3.05, 3.63) is 34.0 Å². The monoisotopic (exact) mass is 380 g/mol. The Kier molecular flexibility index (Phi) is 6.95. The largest absolute Gasteiger partial charge is 0.465 e. The van der Waals surface area contributed by atoms with E-state index in [9.17, 15) is 4.79 Å². The molecule has 2 heterocycles. The van der Waals surface area contributed by atoms with Gasteiger partial charge in [-0.25, -0.2) is 4.79 Å². The molecule has 2 N–H and O–H groups in total. The SMILES string of the molecule is CCc1c(C)sc(NC(=S)NCCCn2ccc(C)n2)c1C(=O)OC. The molecule has 0 amide bonds. The molecule has 0 saturated carbocycles. The first kappa shape index (κ1) is 19.4. The average Bonchev–Trinajstić information content (AvgIpc) is 3.13. The molecule has 0 bridgehead atoms. The van der Waals surface area contributed by atoms with Crippen LogP contribution in [0.25, 0.3) is 0 Å². The predicted octanol–water partition coefficient (Wildman–Crippen LogP) is 3.29. The number of ether oxygens (including phenoxy) is 1. The summed E-state index contributed by atoms with van der Waals surface area (Å²) in [4.78, 5) is 13.2. The smallest absolute Gasteiger partial charge is 0.341 e. The van der Waals surface area contributed by atoms with Crippen LogP contribution in [0.1, 0.15) is 39.8 Å². The van der Waals surface area contributed by atoms with Gasteiger partial charge in [0, 0.05) is 24.2 Å². The molecule has 0 spiro atoms. The first-order chi connectivity index (χ1) is 12.0. The van der Waals surface area contributed by atoms with Crippen molar-refractivity contribution in [1.29, 1.82) is 0 Å². The maximum atomic E-state index is 12.1. The number of carbonyl (C=O) groups is 1. The van der Waals surface area contributed by atoms with Crippen LogP contribution in [0.2, 0.25) is 0 Å². The zero-order valence-corrected chi connectivity index (χ0v) is 16.6. The van der Waals surface area contributed by atoms with Crippen LogP contribution in [0.5, 0.6) is 0 Å². The molecular weight excluding hydrogens is 356 g/mol. The molecule has 2 aromatic heterocycles. The lowest BCUT2D eigenvalue weighted by Gasteiger charge is -2.11. The van der Waals surface area contributed by atoms with Gasteiger partial charge in [-0.05, 0) is 50.5 Å². The van der Waals surface area contributed by atoms with Gasteiger partial charge < -0.3 is 15.4 Å². The maximum Gasteiger partial charge on any atom is 0.341 e. The van der Waals surface area contributed by atoms with Crippen molar-refractivity contribution in [2.75, 3.05) is 19.0 Å². The summed E-state index contributed by atoms with van der Waals surface area (Å²) >= 11 is 6.87. The van der Waals surface area contributed by atoms with Gasteiger partial charge in [0.15, 0.2) is 5.11 Å². The van der Waals surface area contributed by atoms with Crippen molar-refractivity contribution in [2.45, 2.75) is 40.2 Å². The number of rotatable bonds is 7. The molecular formula is C17H24N4O2S2. The normalized spacial score (nSPS) is 10.6. The van der Waals surface area contributed by atoms with Gasteiger partial charge >= 0.3 is 5.97 Å². The summed E-state index contributed by atoms with van der Waals surface area (Å²) in [6.07, 6.45) is 3.64. The van der Waals surface area contributed by atoms with Crippen LogP contribution in [0.4, 0.5) is 5.00 Å². The highest BCUT2D eigenvalue weighted by Gasteiger charge is 2.22. The Bertz CT molecular complexity index is 752. The Hall–Kier alpha value is -1.93. The van der Waals surface area contributed by atoms with E-state index < -0.39 is 0 Å². The number of aromatic nitrogens is 2. The van der Waals surface area contributed by atoms with Crippen LogP contribution < -0.4 is 10.6 Å². The Labute approximate surface area is 157 Å². The van der Waals surface area contributed by atoms with Gasteiger partial charge in [-0.15, -0.1) is 11.3 Å². The number of thiocarbonyl (C=S) groups is 1. The topological polar surface area (TPSA) is 68.2 Å². The quantitative estimate of drug-likeness (QED) is 0.436. The lowest BCUT2D eigenvalue weighted by Crippen LogP contribution is -2.30. The lowest BCUT2D eigenvalue weighted by atomic mass is 10.1. The van der Waals surface area contributed by atoms with Crippen molar-refractivity contribution in [3.63, 3.8) is 0 Å². The summed E-state index contributed by atoms with van der Waals surface area (Å²) in [6, 6.07) is 1.98. The van der Waals surface area contributed by atoms with Gasteiger partial charge in [0.05, 0.1) is 18.4 Å². The fourth-order valence-corrected chi connectivity index (χ4v) is 3.99. The number of methoxy groups -OCH3 is 1. The van der Waals surface area contributed by atoms with E-state index in [1.807, 2.05) is 37.7 Å². The van der Waals surface area contributed by atoms with Crippen LogP contribution in [0, 0.1) is 13.8 Å². The molecule has 2 aromatic rings. The third kappa shape index (κ3) is 5.02. The number of esters is 1. The minimum absolute atomic E-state index is 0.333. The van der Waals surface area contributed by atoms with Crippen molar-refractivity contribution in [3.8, 4) is 0 Å². The zero-order valence-electron chi connectivity index (χ0n) is 15.0. The summed E-state index contributed by atoms with van der Waals surface area (Å²) in [7, 11) is 1.39. The van der Waals surface area contributed by atoms with Gasteiger partial charge in [-0.2, -0.15) is 5.10 Å². The standard InChI is InChI=1S/C17H24N4O2S2/c1-5-13-12(3)25-15(14(13)16(22)23-4)19-17(24)18-8-6-9-21-10-7-11(2)20-21/h7,10H,5-6,8-9H2,1-4H3,(H2,18,19,24).